The van der Waals surface area contributed by atoms with Gasteiger partial charge in [0.15, 0.2) is 0 Å². The van der Waals surface area contributed by atoms with E-state index in [0.29, 0.717) is 19.6 Å². The number of amides is 1. The summed E-state index contributed by atoms with van der Waals surface area (Å²) in [5.41, 5.74) is -0.643. The van der Waals surface area contributed by atoms with E-state index in [0.717, 1.165) is 5.76 Å². The average Bonchev–Trinajstić information content (AvgIpc) is 2.83. The number of β-amino-alcohol motifs (C(OH)–C–C–N with tert-alkyl or cyclic N) is 1. The van der Waals surface area contributed by atoms with E-state index in [1.807, 2.05) is 31.7 Å². The molecule has 2 N–H and O–H groups in total. The van der Waals surface area contributed by atoms with Gasteiger partial charge in [0.25, 0.3) is 0 Å². The molecule has 5 nitrogen and oxygen atoms in total. The highest BCUT2D eigenvalue weighted by atomic mass is 16.3. The van der Waals surface area contributed by atoms with Gasteiger partial charge in [0, 0.05) is 13.1 Å². The minimum atomic E-state index is -0.643. The Hall–Kier alpha value is -1.33. The van der Waals surface area contributed by atoms with Crippen LogP contribution in [0.2, 0.25) is 0 Å². The zero-order chi connectivity index (χ0) is 14.0. The second kappa shape index (κ2) is 5.35. The first-order chi connectivity index (χ1) is 8.92. The first-order valence-electron chi connectivity index (χ1n) is 6.69. The number of hydrogen-bond donors (Lipinski definition) is 2. The molecule has 0 radical (unpaired) electrons. The van der Waals surface area contributed by atoms with Crippen LogP contribution in [0.25, 0.3) is 0 Å². The van der Waals surface area contributed by atoms with E-state index in [1.54, 1.807) is 12.3 Å². The summed E-state index contributed by atoms with van der Waals surface area (Å²) in [7, 11) is 0. The summed E-state index contributed by atoms with van der Waals surface area (Å²) in [5, 5.41) is 13.0. The third-order valence-corrected chi connectivity index (χ3v) is 3.97. The fourth-order valence-electron chi connectivity index (χ4n) is 2.20. The molecule has 19 heavy (non-hydrogen) atoms. The van der Waals surface area contributed by atoms with Crippen LogP contribution in [0.15, 0.2) is 22.8 Å². The highest BCUT2D eigenvalue weighted by Gasteiger charge is 2.46. The summed E-state index contributed by atoms with van der Waals surface area (Å²) in [6.45, 7) is 7.37. The zero-order valence-electron chi connectivity index (χ0n) is 11.7. The van der Waals surface area contributed by atoms with Crippen molar-refractivity contribution >= 4 is 5.91 Å². The summed E-state index contributed by atoms with van der Waals surface area (Å²) >= 11 is 0. The van der Waals surface area contributed by atoms with Crippen LogP contribution in [-0.4, -0.2) is 40.6 Å². The second-order valence-electron chi connectivity index (χ2n) is 5.64. The Balaban J connectivity index is 1.78. The lowest BCUT2D eigenvalue weighted by Crippen LogP contribution is -2.68. The maximum absolute atomic E-state index is 12.0. The third kappa shape index (κ3) is 2.98. The zero-order valence-corrected chi connectivity index (χ0v) is 11.7. The summed E-state index contributed by atoms with van der Waals surface area (Å²) in [6, 6.07) is 3.39. The first kappa shape index (κ1) is 14.1. The molecule has 1 atom stereocenters. The molecule has 0 spiro atoms. The second-order valence-corrected chi connectivity index (χ2v) is 5.64. The van der Waals surface area contributed by atoms with Crippen molar-refractivity contribution in [1.82, 2.24) is 10.2 Å². The molecule has 0 aliphatic carbocycles. The Kier molecular flexibility index (Phi) is 3.96. The number of likely N-dealkylation sites (tertiary alicyclic amines) is 1. The van der Waals surface area contributed by atoms with Crippen LogP contribution >= 0.6 is 0 Å². The van der Waals surface area contributed by atoms with E-state index in [4.69, 9.17) is 4.42 Å². The quantitative estimate of drug-likeness (QED) is 0.834. The summed E-state index contributed by atoms with van der Waals surface area (Å²) in [4.78, 5) is 14.0. The normalized spacial score (nSPS) is 20.1. The van der Waals surface area contributed by atoms with Crippen molar-refractivity contribution in [3.05, 3.63) is 24.2 Å². The van der Waals surface area contributed by atoms with Gasteiger partial charge in [-0.15, -0.1) is 0 Å². The Bertz CT molecular complexity index is 422. The van der Waals surface area contributed by atoms with Gasteiger partial charge in [-0.3, -0.25) is 9.69 Å². The molecule has 1 unspecified atom stereocenters. The highest BCUT2D eigenvalue weighted by Crippen LogP contribution is 2.29. The molecular formula is C14H22N2O3. The Labute approximate surface area is 113 Å². The number of carbonyl (C=O) groups is 1. The number of aliphatic hydroxyl groups is 1. The smallest absolute Gasteiger partial charge is 0.237 e. The number of nitrogens with one attached hydrogen (secondary N) is 1. The molecule has 0 bridgehead atoms. The molecule has 1 fully saturated rings. The molecule has 1 aromatic rings. The Morgan fingerprint density at radius 2 is 2.21 bits per heavy atom. The van der Waals surface area contributed by atoms with Crippen molar-refractivity contribution in [2.45, 2.75) is 39.0 Å². The monoisotopic (exact) mass is 266 g/mol. The maximum atomic E-state index is 12.0. The molecule has 106 valence electrons. The number of rotatable bonds is 5. The summed E-state index contributed by atoms with van der Waals surface area (Å²) in [5.74, 6) is 0.909. The van der Waals surface area contributed by atoms with E-state index in [1.165, 1.54) is 0 Å². The molecule has 2 heterocycles. The van der Waals surface area contributed by atoms with Gasteiger partial charge in [0.05, 0.1) is 24.5 Å². The standard InChI is InChI=1S/C14H22N2O3/c1-10(2)14(18)8-16(9-14)11(3)13(17)15-7-12-5-4-6-19-12/h4-6,10-11,18H,7-9H2,1-3H3,(H,15,17). The predicted molar refractivity (Wildman–Crippen MR) is 71.4 cm³/mol. The van der Waals surface area contributed by atoms with Crippen LogP contribution in [0.3, 0.4) is 0 Å². The van der Waals surface area contributed by atoms with Gasteiger partial charge >= 0.3 is 0 Å². The summed E-state index contributed by atoms with van der Waals surface area (Å²) < 4.78 is 5.16. The van der Waals surface area contributed by atoms with Crippen molar-refractivity contribution in [3.63, 3.8) is 0 Å². The molecule has 1 aliphatic heterocycles. The van der Waals surface area contributed by atoms with E-state index >= 15 is 0 Å². The topological polar surface area (TPSA) is 65.7 Å². The average molecular weight is 266 g/mol. The molecule has 1 aliphatic rings. The van der Waals surface area contributed by atoms with Crippen molar-refractivity contribution < 1.29 is 14.3 Å². The summed E-state index contributed by atoms with van der Waals surface area (Å²) in [6.07, 6.45) is 1.59. The number of carbonyl (C=O) groups excluding carboxylic acids is 1. The minimum Gasteiger partial charge on any atom is -0.467 e. The van der Waals surface area contributed by atoms with Gasteiger partial charge in [-0.25, -0.2) is 0 Å². The van der Waals surface area contributed by atoms with E-state index in [-0.39, 0.29) is 17.9 Å². The van der Waals surface area contributed by atoms with Crippen molar-refractivity contribution in [3.8, 4) is 0 Å². The van der Waals surface area contributed by atoms with E-state index in [9.17, 15) is 9.90 Å². The lowest BCUT2D eigenvalue weighted by molar-refractivity contribution is -0.154. The van der Waals surface area contributed by atoms with Crippen LogP contribution in [0.5, 0.6) is 0 Å². The van der Waals surface area contributed by atoms with Crippen molar-refractivity contribution in [1.29, 1.82) is 0 Å². The van der Waals surface area contributed by atoms with Crippen LogP contribution in [0.1, 0.15) is 26.5 Å². The fraction of sp³-hybridized carbons (Fsp3) is 0.643. The highest BCUT2D eigenvalue weighted by molar-refractivity contribution is 5.81. The van der Waals surface area contributed by atoms with Crippen LogP contribution in [0, 0.1) is 5.92 Å². The Morgan fingerprint density at radius 3 is 2.74 bits per heavy atom. The van der Waals surface area contributed by atoms with Crippen LogP contribution in [-0.2, 0) is 11.3 Å². The lowest BCUT2D eigenvalue weighted by atomic mass is 9.82. The molecule has 5 heteroatoms. The maximum Gasteiger partial charge on any atom is 0.237 e. The van der Waals surface area contributed by atoms with Gasteiger partial charge in [-0.1, -0.05) is 13.8 Å². The van der Waals surface area contributed by atoms with E-state index < -0.39 is 5.60 Å². The number of furan rings is 1. The number of hydrogen-bond acceptors (Lipinski definition) is 4. The molecule has 0 saturated carbocycles. The molecular weight excluding hydrogens is 244 g/mol. The largest absolute Gasteiger partial charge is 0.467 e. The van der Waals surface area contributed by atoms with Crippen LogP contribution < -0.4 is 5.32 Å². The van der Waals surface area contributed by atoms with Crippen LogP contribution in [0.4, 0.5) is 0 Å². The molecule has 1 amide bonds. The van der Waals surface area contributed by atoms with E-state index in [2.05, 4.69) is 5.32 Å². The van der Waals surface area contributed by atoms with Crippen molar-refractivity contribution in [2.24, 2.45) is 5.92 Å². The van der Waals surface area contributed by atoms with Crippen molar-refractivity contribution in [2.75, 3.05) is 13.1 Å². The minimum absolute atomic E-state index is 0.0396. The SMILES string of the molecule is CC(C(=O)NCc1ccco1)N1CC(O)(C(C)C)C1. The molecule has 1 aromatic heterocycles. The van der Waals surface area contributed by atoms with Gasteiger partial charge in [-0.2, -0.15) is 0 Å². The Morgan fingerprint density at radius 1 is 1.53 bits per heavy atom. The van der Waals surface area contributed by atoms with Gasteiger partial charge in [-0.05, 0) is 25.0 Å². The van der Waals surface area contributed by atoms with Gasteiger partial charge < -0.3 is 14.8 Å². The lowest BCUT2D eigenvalue weighted by Gasteiger charge is -2.51. The van der Waals surface area contributed by atoms with Gasteiger partial charge in [0.2, 0.25) is 5.91 Å². The predicted octanol–water partition coefficient (Wildman–Crippen LogP) is 0.987. The van der Waals surface area contributed by atoms with Gasteiger partial charge in [0.1, 0.15) is 5.76 Å². The fourth-order valence-corrected chi connectivity index (χ4v) is 2.20. The molecule has 1 saturated heterocycles. The first-order valence-corrected chi connectivity index (χ1v) is 6.69. The third-order valence-electron chi connectivity index (χ3n) is 3.97. The molecule has 0 aromatic carbocycles. The number of nitrogens with zero attached hydrogens (tertiary/aromatic N) is 1. The molecule has 2 rings (SSSR count).